The van der Waals surface area contributed by atoms with Crippen LogP contribution in [0.4, 0.5) is 0 Å². The highest BCUT2D eigenvalue weighted by atomic mass is 32.1. The predicted molar refractivity (Wildman–Crippen MR) is 76.1 cm³/mol. The standard InChI is InChI=1S/C14H17NO3S/c1-3-18-12-5-4-10(8-13(12)17-2)14-15-11(6-7-16)9-19-14/h4-5,8-9,16H,3,6-7H2,1-2H3. The van der Waals surface area contributed by atoms with E-state index in [-0.39, 0.29) is 6.61 Å². The number of hydrogen-bond donors (Lipinski definition) is 1. The Morgan fingerprint density at radius 2 is 2.16 bits per heavy atom. The molecule has 0 bridgehead atoms. The largest absolute Gasteiger partial charge is 0.493 e. The van der Waals surface area contributed by atoms with Crippen LogP contribution in [0.1, 0.15) is 12.6 Å². The van der Waals surface area contributed by atoms with Crippen molar-refractivity contribution in [2.24, 2.45) is 0 Å². The Labute approximate surface area is 116 Å². The molecular weight excluding hydrogens is 262 g/mol. The van der Waals surface area contributed by atoms with Crippen LogP contribution in [-0.2, 0) is 6.42 Å². The number of aliphatic hydroxyl groups is 1. The van der Waals surface area contributed by atoms with E-state index in [1.165, 1.54) is 0 Å². The molecular formula is C14H17NO3S. The minimum Gasteiger partial charge on any atom is -0.493 e. The average molecular weight is 279 g/mol. The summed E-state index contributed by atoms with van der Waals surface area (Å²) in [6.45, 7) is 2.67. The molecule has 19 heavy (non-hydrogen) atoms. The number of rotatable bonds is 6. The summed E-state index contributed by atoms with van der Waals surface area (Å²) in [5.41, 5.74) is 1.91. The summed E-state index contributed by atoms with van der Waals surface area (Å²) in [6, 6.07) is 5.78. The number of thiazole rings is 1. The van der Waals surface area contributed by atoms with Gasteiger partial charge in [-0.1, -0.05) is 0 Å². The van der Waals surface area contributed by atoms with E-state index in [0.717, 1.165) is 22.0 Å². The Hall–Kier alpha value is -1.59. The number of methoxy groups -OCH3 is 1. The van der Waals surface area contributed by atoms with Gasteiger partial charge in [-0.05, 0) is 25.1 Å². The quantitative estimate of drug-likeness (QED) is 0.883. The highest BCUT2D eigenvalue weighted by Crippen LogP contribution is 2.33. The zero-order valence-electron chi connectivity index (χ0n) is 11.0. The molecule has 102 valence electrons. The lowest BCUT2D eigenvalue weighted by Gasteiger charge is -2.09. The van der Waals surface area contributed by atoms with E-state index in [1.807, 2.05) is 30.5 Å². The lowest BCUT2D eigenvalue weighted by molar-refractivity contribution is 0.298. The summed E-state index contributed by atoms with van der Waals surface area (Å²) in [7, 11) is 1.63. The van der Waals surface area contributed by atoms with Crippen molar-refractivity contribution < 1.29 is 14.6 Å². The van der Waals surface area contributed by atoms with Crippen molar-refractivity contribution in [3.8, 4) is 22.1 Å². The fourth-order valence-electron chi connectivity index (χ4n) is 1.74. The van der Waals surface area contributed by atoms with E-state index in [4.69, 9.17) is 14.6 Å². The van der Waals surface area contributed by atoms with Gasteiger partial charge in [-0.15, -0.1) is 11.3 Å². The molecule has 0 amide bonds. The zero-order chi connectivity index (χ0) is 13.7. The van der Waals surface area contributed by atoms with Gasteiger partial charge in [-0.2, -0.15) is 0 Å². The first-order chi connectivity index (χ1) is 9.28. The zero-order valence-corrected chi connectivity index (χ0v) is 11.9. The number of benzene rings is 1. The molecule has 0 radical (unpaired) electrons. The van der Waals surface area contributed by atoms with Crippen LogP contribution in [0.2, 0.25) is 0 Å². The Morgan fingerprint density at radius 3 is 2.84 bits per heavy atom. The second-order valence-electron chi connectivity index (χ2n) is 3.92. The SMILES string of the molecule is CCOc1ccc(-c2nc(CCO)cs2)cc1OC. The third kappa shape index (κ3) is 3.24. The Balaban J connectivity index is 2.28. The first-order valence-corrected chi connectivity index (χ1v) is 7.03. The van der Waals surface area contributed by atoms with Gasteiger partial charge in [0, 0.05) is 24.0 Å². The van der Waals surface area contributed by atoms with Crippen LogP contribution in [-0.4, -0.2) is 30.4 Å². The van der Waals surface area contributed by atoms with Crippen molar-refractivity contribution in [3.63, 3.8) is 0 Å². The van der Waals surface area contributed by atoms with E-state index in [0.29, 0.717) is 18.8 Å². The van der Waals surface area contributed by atoms with Crippen LogP contribution in [0.25, 0.3) is 10.6 Å². The summed E-state index contributed by atoms with van der Waals surface area (Å²) >= 11 is 1.56. The highest BCUT2D eigenvalue weighted by molar-refractivity contribution is 7.13. The van der Waals surface area contributed by atoms with E-state index in [9.17, 15) is 0 Å². The first kappa shape index (κ1) is 13.8. The van der Waals surface area contributed by atoms with Crippen molar-refractivity contribution in [2.45, 2.75) is 13.3 Å². The van der Waals surface area contributed by atoms with Crippen LogP contribution in [0, 0.1) is 0 Å². The second-order valence-corrected chi connectivity index (χ2v) is 4.77. The Bertz CT molecular complexity index is 539. The third-order valence-electron chi connectivity index (χ3n) is 2.63. The molecule has 1 N–H and O–H groups in total. The fraction of sp³-hybridized carbons (Fsp3) is 0.357. The molecule has 0 unspecified atom stereocenters. The molecule has 1 aromatic heterocycles. The number of nitrogens with zero attached hydrogens (tertiary/aromatic N) is 1. The first-order valence-electron chi connectivity index (χ1n) is 6.15. The molecule has 0 aliphatic heterocycles. The molecule has 2 aromatic rings. The maximum atomic E-state index is 8.91. The van der Waals surface area contributed by atoms with Crippen molar-refractivity contribution in [2.75, 3.05) is 20.3 Å². The van der Waals surface area contributed by atoms with Gasteiger partial charge in [-0.25, -0.2) is 4.98 Å². The third-order valence-corrected chi connectivity index (χ3v) is 3.57. The van der Waals surface area contributed by atoms with Crippen molar-refractivity contribution in [3.05, 3.63) is 29.3 Å². The van der Waals surface area contributed by atoms with Gasteiger partial charge < -0.3 is 14.6 Å². The molecule has 0 aliphatic carbocycles. The molecule has 0 fully saturated rings. The average Bonchev–Trinajstić information content (AvgIpc) is 2.88. The second kappa shape index (κ2) is 6.54. The van der Waals surface area contributed by atoms with Crippen molar-refractivity contribution in [1.82, 2.24) is 4.98 Å². The summed E-state index contributed by atoms with van der Waals surface area (Å²) in [5.74, 6) is 1.44. The van der Waals surface area contributed by atoms with E-state index in [2.05, 4.69) is 4.98 Å². The van der Waals surface area contributed by atoms with Crippen LogP contribution in [0.3, 0.4) is 0 Å². The van der Waals surface area contributed by atoms with Gasteiger partial charge in [0.1, 0.15) is 5.01 Å². The van der Waals surface area contributed by atoms with Gasteiger partial charge in [0.25, 0.3) is 0 Å². The summed E-state index contributed by atoms with van der Waals surface area (Å²) in [4.78, 5) is 4.48. The normalized spacial score (nSPS) is 10.5. The molecule has 5 heteroatoms. The predicted octanol–water partition coefficient (Wildman–Crippen LogP) is 2.75. The molecule has 0 aliphatic rings. The molecule has 2 rings (SSSR count). The minimum absolute atomic E-state index is 0.121. The van der Waals surface area contributed by atoms with E-state index >= 15 is 0 Å². The van der Waals surface area contributed by atoms with Crippen LogP contribution in [0.15, 0.2) is 23.6 Å². The summed E-state index contributed by atoms with van der Waals surface area (Å²) in [5, 5.41) is 11.8. The van der Waals surface area contributed by atoms with E-state index in [1.54, 1.807) is 18.4 Å². The number of hydrogen-bond acceptors (Lipinski definition) is 5. The fourth-order valence-corrected chi connectivity index (χ4v) is 2.60. The van der Waals surface area contributed by atoms with Crippen LogP contribution in [0.5, 0.6) is 11.5 Å². The van der Waals surface area contributed by atoms with Gasteiger partial charge in [-0.3, -0.25) is 0 Å². The molecule has 0 saturated heterocycles. The van der Waals surface area contributed by atoms with Crippen molar-refractivity contribution >= 4 is 11.3 Å². The molecule has 0 atom stereocenters. The summed E-state index contributed by atoms with van der Waals surface area (Å²) in [6.07, 6.45) is 0.588. The Kier molecular flexibility index (Phi) is 4.76. The molecule has 1 aromatic carbocycles. The lowest BCUT2D eigenvalue weighted by atomic mass is 10.2. The number of aliphatic hydroxyl groups excluding tert-OH is 1. The maximum absolute atomic E-state index is 8.91. The van der Waals surface area contributed by atoms with Gasteiger partial charge in [0.15, 0.2) is 11.5 Å². The summed E-state index contributed by atoms with van der Waals surface area (Å²) < 4.78 is 10.8. The van der Waals surface area contributed by atoms with Gasteiger partial charge >= 0.3 is 0 Å². The smallest absolute Gasteiger partial charge is 0.161 e. The van der Waals surface area contributed by atoms with Crippen LogP contribution >= 0.6 is 11.3 Å². The Morgan fingerprint density at radius 1 is 1.32 bits per heavy atom. The topological polar surface area (TPSA) is 51.6 Å². The monoisotopic (exact) mass is 279 g/mol. The molecule has 0 saturated carbocycles. The molecule has 0 spiro atoms. The molecule has 1 heterocycles. The number of aromatic nitrogens is 1. The minimum atomic E-state index is 0.121. The van der Waals surface area contributed by atoms with E-state index < -0.39 is 0 Å². The number of ether oxygens (including phenoxy) is 2. The van der Waals surface area contributed by atoms with Gasteiger partial charge in [0.2, 0.25) is 0 Å². The lowest BCUT2D eigenvalue weighted by Crippen LogP contribution is -1.95. The maximum Gasteiger partial charge on any atom is 0.161 e. The van der Waals surface area contributed by atoms with Crippen molar-refractivity contribution in [1.29, 1.82) is 0 Å². The van der Waals surface area contributed by atoms with Gasteiger partial charge in [0.05, 0.1) is 19.4 Å². The molecule has 4 nitrogen and oxygen atoms in total. The highest BCUT2D eigenvalue weighted by Gasteiger charge is 2.09. The van der Waals surface area contributed by atoms with Crippen LogP contribution < -0.4 is 9.47 Å².